The molecule has 38 heavy (non-hydrogen) atoms. The van der Waals surface area contributed by atoms with Gasteiger partial charge in [0.05, 0.1) is 26.2 Å². The fraction of sp³-hybridized carbons (Fsp3) is 0.375. The summed E-state index contributed by atoms with van der Waals surface area (Å²) in [6, 6.07) is 22.7. The predicted molar refractivity (Wildman–Crippen MR) is 145 cm³/mol. The van der Waals surface area contributed by atoms with Gasteiger partial charge < -0.3 is 19.1 Å². The Labute approximate surface area is 224 Å². The minimum Gasteiger partial charge on any atom is -0.496 e. The van der Waals surface area contributed by atoms with Crippen molar-refractivity contribution in [1.82, 2.24) is 4.90 Å². The predicted octanol–water partition coefficient (Wildman–Crippen LogP) is 5.27. The summed E-state index contributed by atoms with van der Waals surface area (Å²) in [5.74, 6) is 0.352. The first-order chi connectivity index (χ1) is 18.6. The molecule has 1 fully saturated rings. The van der Waals surface area contributed by atoms with Gasteiger partial charge in [0.2, 0.25) is 5.91 Å². The molecule has 0 radical (unpaired) electrons. The molecule has 198 valence electrons. The number of methoxy groups -OCH3 is 1. The van der Waals surface area contributed by atoms with Gasteiger partial charge in [-0.15, -0.1) is 0 Å². The van der Waals surface area contributed by atoms with Crippen LogP contribution in [0.1, 0.15) is 53.5 Å². The van der Waals surface area contributed by atoms with Crippen molar-refractivity contribution in [2.45, 2.75) is 51.3 Å². The molecule has 6 heteroatoms. The van der Waals surface area contributed by atoms with Gasteiger partial charge in [0, 0.05) is 25.1 Å². The summed E-state index contributed by atoms with van der Waals surface area (Å²) >= 11 is 0. The number of esters is 1. The molecule has 0 N–H and O–H groups in total. The van der Waals surface area contributed by atoms with E-state index in [1.165, 1.54) is 12.8 Å². The summed E-state index contributed by atoms with van der Waals surface area (Å²) in [6.07, 6.45) is 2.79. The van der Waals surface area contributed by atoms with Crippen LogP contribution < -0.4 is 4.74 Å². The van der Waals surface area contributed by atoms with E-state index >= 15 is 0 Å². The first-order valence-corrected chi connectivity index (χ1v) is 13.4. The van der Waals surface area contributed by atoms with Gasteiger partial charge in [0.1, 0.15) is 11.8 Å². The quantitative estimate of drug-likeness (QED) is 0.346. The Balaban J connectivity index is 1.52. The largest absolute Gasteiger partial charge is 0.496 e. The van der Waals surface area contributed by atoms with Crippen molar-refractivity contribution in [2.75, 3.05) is 20.3 Å². The summed E-state index contributed by atoms with van der Waals surface area (Å²) in [7, 11) is 1.65. The van der Waals surface area contributed by atoms with E-state index in [1.807, 2.05) is 72.8 Å². The van der Waals surface area contributed by atoms with Crippen LogP contribution >= 0.6 is 0 Å². The maximum atomic E-state index is 14.4. The Morgan fingerprint density at radius 1 is 0.947 bits per heavy atom. The second kappa shape index (κ2) is 11.8. The van der Waals surface area contributed by atoms with Gasteiger partial charge in [-0.2, -0.15) is 0 Å². The number of rotatable bonds is 10. The molecule has 0 aromatic heterocycles. The molecule has 3 aromatic carbocycles. The van der Waals surface area contributed by atoms with Crippen molar-refractivity contribution in [3.63, 3.8) is 0 Å². The zero-order chi connectivity index (χ0) is 26.5. The lowest BCUT2D eigenvalue weighted by atomic mass is 9.85. The van der Waals surface area contributed by atoms with E-state index < -0.39 is 12.0 Å². The van der Waals surface area contributed by atoms with E-state index in [9.17, 15) is 9.59 Å². The lowest BCUT2D eigenvalue weighted by Gasteiger charge is -2.38. The maximum Gasteiger partial charge on any atom is 0.329 e. The number of amides is 1. The van der Waals surface area contributed by atoms with Crippen molar-refractivity contribution >= 4 is 11.9 Å². The molecule has 0 bridgehead atoms. The smallest absolute Gasteiger partial charge is 0.329 e. The fourth-order valence-electron chi connectivity index (χ4n) is 5.30. The highest BCUT2D eigenvalue weighted by atomic mass is 16.5. The molecule has 1 saturated carbocycles. The average Bonchev–Trinajstić information content (AvgIpc) is 3.78. The molecule has 6 nitrogen and oxygen atoms in total. The molecule has 1 aliphatic heterocycles. The number of carbonyl (C=O) groups is 2. The number of fused-ring (bicyclic) bond motifs is 1. The average molecular weight is 514 g/mol. The number of nitrogens with zero attached hydrogens (tertiary/aromatic N) is 1. The van der Waals surface area contributed by atoms with Gasteiger partial charge in [-0.3, -0.25) is 4.79 Å². The molecule has 1 atom stereocenters. The van der Waals surface area contributed by atoms with Crippen LogP contribution in [0.4, 0.5) is 0 Å². The third-order valence-electron chi connectivity index (χ3n) is 7.47. The Morgan fingerprint density at radius 2 is 1.61 bits per heavy atom. The summed E-state index contributed by atoms with van der Waals surface area (Å²) in [4.78, 5) is 29.4. The van der Waals surface area contributed by atoms with E-state index in [4.69, 9.17) is 14.2 Å². The first kappa shape index (κ1) is 26.0. The number of ether oxygens (including phenoxy) is 3. The van der Waals surface area contributed by atoms with Crippen LogP contribution in [-0.4, -0.2) is 43.1 Å². The van der Waals surface area contributed by atoms with Crippen LogP contribution in [0.25, 0.3) is 0 Å². The molecule has 1 unspecified atom stereocenters. The van der Waals surface area contributed by atoms with Crippen LogP contribution in [-0.2, 0) is 38.6 Å². The Morgan fingerprint density at radius 3 is 2.18 bits per heavy atom. The molecule has 1 amide bonds. The van der Waals surface area contributed by atoms with Gasteiger partial charge in [0.15, 0.2) is 0 Å². The Kier molecular flexibility index (Phi) is 8.08. The van der Waals surface area contributed by atoms with Gasteiger partial charge >= 0.3 is 5.97 Å². The summed E-state index contributed by atoms with van der Waals surface area (Å²) in [5, 5.41) is 0. The van der Waals surface area contributed by atoms with E-state index in [-0.39, 0.29) is 18.5 Å². The summed E-state index contributed by atoms with van der Waals surface area (Å²) < 4.78 is 17.2. The van der Waals surface area contributed by atoms with Gasteiger partial charge in [-0.05, 0) is 54.0 Å². The van der Waals surface area contributed by atoms with Crippen LogP contribution in [0.3, 0.4) is 0 Å². The number of benzene rings is 3. The Hall–Kier alpha value is -3.64. The number of hydrogen-bond donors (Lipinski definition) is 0. The number of hydrogen-bond acceptors (Lipinski definition) is 5. The third kappa shape index (κ3) is 5.60. The lowest BCUT2D eigenvalue weighted by molar-refractivity contribution is -0.156. The maximum absolute atomic E-state index is 14.4. The van der Waals surface area contributed by atoms with Crippen LogP contribution in [0.5, 0.6) is 5.75 Å². The zero-order valence-corrected chi connectivity index (χ0v) is 22.1. The van der Waals surface area contributed by atoms with E-state index in [1.54, 1.807) is 18.9 Å². The van der Waals surface area contributed by atoms with Crippen molar-refractivity contribution < 1.29 is 23.8 Å². The van der Waals surface area contributed by atoms with Crippen LogP contribution in [0.2, 0.25) is 0 Å². The van der Waals surface area contributed by atoms with Gasteiger partial charge in [0.25, 0.3) is 0 Å². The number of carbonyl (C=O) groups excluding carboxylic acids is 2. The molecule has 5 rings (SSSR count). The van der Waals surface area contributed by atoms with Gasteiger partial charge in [-0.25, -0.2) is 4.79 Å². The second-order valence-electron chi connectivity index (χ2n) is 10.0. The van der Waals surface area contributed by atoms with E-state index in [0.717, 1.165) is 40.2 Å². The second-order valence-corrected chi connectivity index (χ2v) is 10.0. The highest BCUT2D eigenvalue weighted by Gasteiger charge is 2.40. The molecule has 2 aliphatic rings. The third-order valence-corrected chi connectivity index (χ3v) is 7.47. The van der Waals surface area contributed by atoms with Crippen molar-refractivity contribution in [1.29, 1.82) is 0 Å². The molecule has 0 spiro atoms. The standard InChI is InChI=1S/C32H35NO5/c1-3-38-32(35)28-18-26-25(16-17-29(36-2)27(26)21-37-20-22-14-15-22)19-33(28)31(34)30(23-10-6-4-7-11-23)24-12-8-5-9-13-24/h4-13,16-17,22,28,30H,3,14-15,18-21H2,1-2H3. The molecule has 1 aliphatic carbocycles. The van der Waals surface area contributed by atoms with E-state index in [2.05, 4.69) is 0 Å². The van der Waals surface area contributed by atoms with Crippen molar-refractivity contribution in [3.05, 3.63) is 101 Å². The van der Waals surface area contributed by atoms with Gasteiger partial charge in [-0.1, -0.05) is 66.7 Å². The minimum atomic E-state index is -0.737. The van der Waals surface area contributed by atoms with Crippen molar-refractivity contribution in [3.8, 4) is 5.75 Å². The van der Waals surface area contributed by atoms with Crippen LogP contribution in [0.15, 0.2) is 72.8 Å². The highest BCUT2D eigenvalue weighted by Crippen LogP contribution is 2.37. The zero-order valence-electron chi connectivity index (χ0n) is 22.1. The molecule has 3 aromatic rings. The SMILES string of the molecule is CCOC(=O)C1Cc2c(ccc(OC)c2COCC2CC2)CN1C(=O)C(c1ccccc1)c1ccccc1. The normalized spacial score (nSPS) is 16.7. The monoisotopic (exact) mass is 513 g/mol. The lowest BCUT2D eigenvalue weighted by Crippen LogP contribution is -2.51. The summed E-state index contributed by atoms with van der Waals surface area (Å²) in [6.45, 7) is 3.50. The molecule has 0 saturated heterocycles. The minimum absolute atomic E-state index is 0.117. The van der Waals surface area contributed by atoms with Crippen molar-refractivity contribution in [2.24, 2.45) is 5.92 Å². The molecular weight excluding hydrogens is 478 g/mol. The van der Waals surface area contributed by atoms with Crippen LogP contribution in [0, 0.1) is 5.92 Å². The van der Waals surface area contributed by atoms with E-state index in [0.29, 0.717) is 25.5 Å². The highest BCUT2D eigenvalue weighted by molar-refractivity contribution is 5.91. The first-order valence-electron chi connectivity index (χ1n) is 13.4. The summed E-state index contributed by atoms with van der Waals surface area (Å²) in [5.41, 5.74) is 4.75. The Bertz CT molecular complexity index is 1220. The fourth-order valence-corrected chi connectivity index (χ4v) is 5.30. The molecular formula is C32H35NO5. The topological polar surface area (TPSA) is 65.1 Å². The molecule has 1 heterocycles.